The Labute approximate surface area is 250 Å². The number of hydrogen-bond acceptors (Lipinski definition) is 6. The first-order valence-corrected chi connectivity index (χ1v) is 15.4. The first-order chi connectivity index (χ1) is 20.3. The van der Waals surface area contributed by atoms with E-state index in [0.29, 0.717) is 17.3 Å². The largest absolute Gasteiger partial charge is 0.379 e. The van der Waals surface area contributed by atoms with Crippen molar-refractivity contribution in [3.05, 3.63) is 64.7 Å². The van der Waals surface area contributed by atoms with Gasteiger partial charge >= 0.3 is 0 Å². The summed E-state index contributed by atoms with van der Waals surface area (Å²) in [7, 11) is 0. The number of carbonyl (C=O) groups is 2. The number of benzene rings is 2. The molecule has 1 unspecified atom stereocenters. The normalized spacial score (nSPS) is 20.2. The second-order valence-corrected chi connectivity index (χ2v) is 11.8. The molecular weight excluding hydrogens is 526 g/mol. The molecule has 0 saturated carbocycles. The highest BCUT2D eigenvalue weighted by molar-refractivity contribution is 6.06. The van der Waals surface area contributed by atoms with E-state index in [2.05, 4.69) is 62.7 Å². The van der Waals surface area contributed by atoms with E-state index < -0.39 is 5.92 Å². The van der Waals surface area contributed by atoms with E-state index in [-0.39, 0.29) is 18.4 Å². The summed E-state index contributed by atoms with van der Waals surface area (Å²) in [5.41, 5.74) is 7.75. The van der Waals surface area contributed by atoms with Crippen molar-refractivity contribution in [2.24, 2.45) is 10.9 Å². The van der Waals surface area contributed by atoms with Crippen LogP contribution in [0.15, 0.2) is 53.0 Å². The number of piperidine rings is 1. The molecule has 0 aromatic heterocycles. The van der Waals surface area contributed by atoms with Crippen LogP contribution in [0, 0.1) is 12.8 Å². The molecule has 2 aromatic rings. The Hall–Kier alpha value is -3.33. The lowest BCUT2D eigenvalue weighted by molar-refractivity contribution is -0.120. The van der Waals surface area contributed by atoms with Crippen molar-refractivity contribution < 1.29 is 14.3 Å². The minimum atomic E-state index is -0.429. The number of nitrogens with zero attached hydrogens (tertiary/aromatic N) is 3. The van der Waals surface area contributed by atoms with E-state index >= 15 is 0 Å². The zero-order valence-corrected chi connectivity index (χ0v) is 25.5. The van der Waals surface area contributed by atoms with Crippen LogP contribution in [0.25, 0.3) is 11.1 Å². The van der Waals surface area contributed by atoms with Crippen LogP contribution in [0.3, 0.4) is 0 Å². The summed E-state index contributed by atoms with van der Waals surface area (Å²) in [5, 5.41) is 6.54. The summed E-state index contributed by atoms with van der Waals surface area (Å²) in [6.45, 7) is 15.5. The van der Waals surface area contributed by atoms with Gasteiger partial charge in [-0.3, -0.25) is 14.5 Å². The van der Waals surface area contributed by atoms with Crippen molar-refractivity contribution >= 4 is 23.2 Å². The Morgan fingerprint density at radius 1 is 1.07 bits per heavy atom. The molecule has 1 atom stereocenters. The monoisotopic (exact) mass is 571 g/mol. The highest BCUT2D eigenvalue weighted by Gasteiger charge is 2.27. The number of amides is 2. The summed E-state index contributed by atoms with van der Waals surface area (Å²) in [6, 6.07) is 13.4. The number of aliphatic imine (C=N–C) groups is 1. The fourth-order valence-corrected chi connectivity index (χ4v) is 6.41. The molecule has 42 heavy (non-hydrogen) atoms. The molecule has 8 nitrogen and oxygen atoms in total. The Morgan fingerprint density at radius 3 is 2.45 bits per heavy atom. The zero-order valence-electron chi connectivity index (χ0n) is 25.5. The lowest BCUT2D eigenvalue weighted by Crippen LogP contribution is -2.43. The number of ether oxygens (including phenoxy) is 1. The molecule has 2 N–H and O–H groups in total. The minimum Gasteiger partial charge on any atom is -0.379 e. The SMILES string of the molecule is CCN(c1cc(-c2ccc(CN3CCOCC3)cc2)cc(C(=O)NCC2C(=O)N=C(C)C=C2C)c1C)C1CCNCC1. The molecule has 2 saturated heterocycles. The summed E-state index contributed by atoms with van der Waals surface area (Å²) in [6.07, 6.45) is 4.07. The molecule has 0 spiro atoms. The topological polar surface area (TPSA) is 86.3 Å². The van der Waals surface area contributed by atoms with Gasteiger partial charge < -0.3 is 20.3 Å². The second-order valence-electron chi connectivity index (χ2n) is 11.8. The molecular formula is C34H45N5O3. The molecule has 5 rings (SSSR count). The predicted octanol–water partition coefficient (Wildman–Crippen LogP) is 4.37. The van der Waals surface area contributed by atoms with Crippen LogP contribution >= 0.6 is 0 Å². The third-order valence-corrected chi connectivity index (χ3v) is 8.86. The van der Waals surface area contributed by atoms with Crippen LogP contribution in [0.2, 0.25) is 0 Å². The smallest absolute Gasteiger partial charge is 0.254 e. The predicted molar refractivity (Wildman–Crippen MR) is 169 cm³/mol. The maximum Gasteiger partial charge on any atom is 0.254 e. The average molecular weight is 572 g/mol. The van der Waals surface area contributed by atoms with Crippen LogP contribution < -0.4 is 15.5 Å². The number of allylic oxidation sites excluding steroid dienone is 1. The van der Waals surface area contributed by atoms with Gasteiger partial charge in [0.25, 0.3) is 11.8 Å². The van der Waals surface area contributed by atoms with Crippen molar-refractivity contribution in [2.45, 2.75) is 53.1 Å². The quantitative estimate of drug-likeness (QED) is 0.465. The first kappa shape index (κ1) is 30.1. The van der Waals surface area contributed by atoms with Crippen LogP contribution in [0.1, 0.15) is 55.1 Å². The molecule has 2 aromatic carbocycles. The van der Waals surface area contributed by atoms with Crippen LogP contribution in [0.5, 0.6) is 0 Å². The molecule has 2 amide bonds. The lowest BCUT2D eigenvalue weighted by atomic mass is 9.93. The Kier molecular flexibility index (Phi) is 9.88. The highest BCUT2D eigenvalue weighted by atomic mass is 16.5. The first-order valence-electron chi connectivity index (χ1n) is 15.4. The van der Waals surface area contributed by atoms with Crippen molar-refractivity contribution in [3.8, 4) is 11.1 Å². The van der Waals surface area contributed by atoms with Crippen molar-refractivity contribution in [2.75, 3.05) is 57.4 Å². The zero-order chi connectivity index (χ0) is 29.6. The Morgan fingerprint density at radius 2 is 1.79 bits per heavy atom. The molecule has 0 radical (unpaired) electrons. The lowest BCUT2D eigenvalue weighted by Gasteiger charge is -2.37. The van der Waals surface area contributed by atoms with Gasteiger partial charge in [0.2, 0.25) is 0 Å². The Balaban J connectivity index is 1.44. The van der Waals surface area contributed by atoms with Crippen LogP contribution in [0.4, 0.5) is 5.69 Å². The second kappa shape index (κ2) is 13.8. The van der Waals surface area contributed by atoms with E-state index in [1.165, 1.54) is 5.56 Å². The maximum atomic E-state index is 13.8. The van der Waals surface area contributed by atoms with E-state index in [9.17, 15) is 9.59 Å². The molecule has 3 aliphatic rings. The summed E-state index contributed by atoms with van der Waals surface area (Å²) < 4.78 is 5.50. The van der Waals surface area contributed by atoms with E-state index in [1.54, 1.807) is 0 Å². The third kappa shape index (κ3) is 7.00. The van der Waals surface area contributed by atoms with Gasteiger partial charge in [0.15, 0.2) is 0 Å². The van der Waals surface area contributed by atoms with Crippen LogP contribution in [-0.4, -0.2) is 81.0 Å². The number of carbonyl (C=O) groups excluding carboxylic acids is 2. The number of rotatable bonds is 9. The van der Waals surface area contributed by atoms with Gasteiger partial charge in [-0.25, -0.2) is 4.99 Å². The molecule has 224 valence electrons. The molecule has 8 heteroatoms. The summed E-state index contributed by atoms with van der Waals surface area (Å²) >= 11 is 0. The van der Waals surface area contributed by atoms with Crippen molar-refractivity contribution in [1.29, 1.82) is 0 Å². The van der Waals surface area contributed by atoms with Crippen molar-refractivity contribution in [1.82, 2.24) is 15.5 Å². The van der Waals surface area contributed by atoms with Gasteiger partial charge in [0, 0.05) is 55.7 Å². The van der Waals surface area contributed by atoms with Crippen molar-refractivity contribution in [3.63, 3.8) is 0 Å². The van der Waals surface area contributed by atoms with E-state index in [4.69, 9.17) is 4.74 Å². The average Bonchev–Trinajstić information content (AvgIpc) is 2.99. The number of hydrogen-bond donors (Lipinski definition) is 2. The van der Waals surface area contributed by atoms with E-state index in [0.717, 1.165) is 93.3 Å². The molecule has 2 fully saturated rings. The van der Waals surface area contributed by atoms with Gasteiger partial charge in [-0.05, 0) is 94.1 Å². The summed E-state index contributed by atoms with van der Waals surface area (Å²) in [5.74, 6) is -0.784. The summed E-state index contributed by atoms with van der Waals surface area (Å²) in [4.78, 5) is 35.3. The van der Waals surface area contributed by atoms with Gasteiger partial charge in [0.05, 0.1) is 19.1 Å². The molecule has 3 heterocycles. The van der Waals surface area contributed by atoms with Gasteiger partial charge in [-0.2, -0.15) is 0 Å². The van der Waals surface area contributed by atoms with Gasteiger partial charge in [0.1, 0.15) is 0 Å². The third-order valence-electron chi connectivity index (χ3n) is 8.86. The van der Waals surface area contributed by atoms with Gasteiger partial charge in [-0.15, -0.1) is 0 Å². The maximum absolute atomic E-state index is 13.8. The molecule has 3 aliphatic heterocycles. The number of morpholine rings is 1. The number of anilines is 1. The highest BCUT2D eigenvalue weighted by Crippen LogP contribution is 2.34. The fraction of sp³-hybridized carbons (Fsp3) is 0.500. The van der Waals surface area contributed by atoms with Crippen LogP contribution in [-0.2, 0) is 16.1 Å². The fourth-order valence-electron chi connectivity index (χ4n) is 6.41. The number of nitrogens with one attached hydrogen (secondary N) is 2. The molecule has 0 bridgehead atoms. The Bertz CT molecular complexity index is 1340. The molecule has 0 aliphatic carbocycles. The standard InChI is InChI=1S/C34H45N5O3/c1-5-39(29-10-12-35-13-11-29)32-20-28(27-8-6-26(7-9-27)22-38-14-16-42-17-15-38)19-30(25(32)4)33(40)36-21-31-23(2)18-24(3)37-34(31)41/h6-9,18-20,29,31,35H,5,10-17,21-22H2,1-4H3,(H,36,40). The number of dihydropyridines is 1. The van der Waals surface area contributed by atoms with Gasteiger partial charge in [-0.1, -0.05) is 29.8 Å². The minimum absolute atomic E-state index is 0.159. The van der Waals surface area contributed by atoms with E-state index in [1.807, 2.05) is 32.9 Å².